The Morgan fingerprint density at radius 3 is 2.20 bits per heavy atom. The van der Waals surface area contributed by atoms with E-state index in [2.05, 4.69) is 125 Å². The average molecular weight is 839 g/mol. The smallest absolute Gasteiger partial charge is 0.0774 e. The molecule has 0 spiro atoms. The van der Waals surface area contributed by atoms with E-state index in [1.165, 1.54) is 28.5 Å². The topological polar surface area (TPSA) is 43.9 Å². The monoisotopic (exact) mass is 839 g/mol. The first-order chi connectivity index (χ1) is 25.9. The van der Waals surface area contributed by atoms with E-state index in [1.54, 1.807) is 18.2 Å². The molecule has 0 aliphatic heterocycles. The fourth-order valence-corrected chi connectivity index (χ4v) is 6.12. The Kier molecular flexibility index (Phi) is 9.03. The molecule has 6 aromatic carbocycles. The molecule has 9 rings (SSSR count). The Morgan fingerprint density at radius 1 is 0.706 bits per heavy atom. The molecule has 4 nitrogen and oxygen atoms in total. The van der Waals surface area contributed by atoms with Gasteiger partial charge in [0.2, 0.25) is 0 Å². The molecule has 3 heterocycles. The molecule has 0 fully saturated rings. The number of imidazole rings is 1. The van der Waals surface area contributed by atoms with Gasteiger partial charge in [0.25, 0.3) is 0 Å². The molecule has 0 saturated heterocycles. The number of pyridine rings is 1. The van der Waals surface area contributed by atoms with E-state index in [0.717, 1.165) is 56.8 Å². The molecule has 0 N–H and O–H groups in total. The minimum Gasteiger partial charge on any atom is -0.557 e. The Hall–Kier alpha value is -5.87. The molecule has 0 aliphatic rings. The van der Waals surface area contributed by atoms with Gasteiger partial charge < -0.3 is 14.0 Å². The van der Waals surface area contributed by atoms with Crippen LogP contribution in [0.5, 0.6) is 0 Å². The zero-order chi connectivity index (χ0) is 36.2. The molecular weight excluding hydrogens is 803 g/mol. The molecule has 0 bridgehead atoms. The van der Waals surface area contributed by atoms with Gasteiger partial charge >= 0.3 is 0 Å². The number of hydrogen-bond donors (Lipinski definition) is 0. The molecule has 5 heteroatoms. The summed E-state index contributed by atoms with van der Waals surface area (Å²) in [6.07, 6.45) is 5.42. The first-order valence-electron chi connectivity index (χ1n) is 18.0. The van der Waals surface area contributed by atoms with Gasteiger partial charge in [0.1, 0.15) is 0 Å². The third kappa shape index (κ3) is 7.36. The predicted molar refractivity (Wildman–Crippen MR) is 203 cm³/mol. The Labute approximate surface area is 315 Å². The summed E-state index contributed by atoms with van der Waals surface area (Å²) in [7, 11) is 0. The van der Waals surface area contributed by atoms with Gasteiger partial charge in [-0.15, -0.1) is 35.9 Å². The maximum atomic E-state index is 7.23. The van der Waals surface area contributed by atoms with Crippen LogP contribution in [0.1, 0.15) is 20.8 Å². The van der Waals surface area contributed by atoms with Crippen LogP contribution in [0.4, 0.5) is 0 Å². The molecular formula is C46H33IrN3O-2. The summed E-state index contributed by atoms with van der Waals surface area (Å²) in [5.41, 5.74) is 11.4. The van der Waals surface area contributed by atoms with E-state index in [1.807, 2.05) is 42.5 Å². The summed E-state index contributed by atoms with van der Waals surface area (Å²) in [5.74, 6) is 0.823. The van der Waals surface area contributed by atoms with Crippen molar-refractivity contribution < 1.29 is 28.6 Å². The van der Waals surface area contributed by atoms with Gasteiger partial charge in [0.15, 0.2) is 0 Å². The van der Waals surface area contributed by atoms with Crippen molar-refractivity contribution in [3.63, 3.8) is 0 Å². The van der Waals surface area contributed by atoms with Crippen molar-refractivity contribution in [3.05, 3.63) is 199 Å². The van der Waals surface area contributed by atoms with Gasteiger partial charge in [-0.3, -0.25) is 4.98 Å². The molecule has 9 aromatic rings. The molecule has 3 aromatic heterocycles. The van der Waals surface area contributed by atoms with Gasteiger partial charge in [-0.2, -0.15) is 0 Å². The summed E-state index contributed by atoms with van der Waals surface area (Å²) in [6.45, 7) is -2.09. The maximum absolute atomic E-state index is 7.23. The second-order valence-corrected chi connectivity index (χ2v) is 12.0. The van der Waals surface area contributed by atoms with E-state index in [-0.39, 0.29) is 25.7 Å². The second kappa shape index (κ2) is 15.3. The molecule has 0 atom stereocenters. The Bertz CT molecular complexity index is 2600. The number of benzene rings is 6. The third-order valence-corrected chi connectivity index (χ3v) is 8.59. The van der Waals surface area contributed by atoms with Gasteiger partial charge in [-0.25, -0.2) is 0 Å². The summed E-state index contributed by atoms with van der Waals surface area (Å²) in [5, 5.41) is 1.02. The number of aryl methyl sites for hydroxylation is 1. The largest absolute Gasteiger partial charge is 0.557 e. The SMILES string of the molecule is [2H]C([2H])([2H])c1ccc(-c2[c-]cccc2)nc1.[Ir].[c-]1oc2ccc(Cc3ccccc3)cc2c1-c1nc2ccccc2n1-c1ccc(-c2ccccc2)cc1. The number of nitrogens with zero attached hydrogens (tertiary/aromatic N) is 3. The van der Waals surface area contributed by atoms with Crippen LogP contribution in [0, 0.1) is 19.2 Å². The number of rotatable bonds is 6. The first kappa shape index (κ1) is 30.0. The van der Waals surface area contributed by atoms with Crippen LogP contribution < -0.4 is 0 Å². The van der Waals surface area contributed by atoms with E-state index in [9.17, 15) is 0 Å². The summed E-state index contributed by atoms with van der Waals surface area (Å²) < 4.78 is 29.8. The quantitative estimate of drug-likeness (QED) is 0.157. The van der Waals surface area contributed by atoms with Gasteiger partial charge in [0, 0.05) is 47.9 Å². The Morgan fingerprint density at radius 2 is 1.45 bits per heavy atom. The maximum Gasteiger partial charge on any atom is 0.0774 e. The fraction of sp³-hybridized carbons (Fsp3) is 0.0435. The van der Waals surface area contributed by atoms with Gasteiger partial charge in [-0.05, 0) is 65.5 Å². The number of fused-ring (bicyclic) bond motifs is 2. The zero-order valence-electron chi connectivity index (χ0n) is 30.5. The number of hydrogen-bond acceptors (Lipinski definition) is 3. The van der Waals surface area contributed by atoms with Crippen LogP contribution in [-0.2, 0) is 26.5 Å². The molecule has 0 aliphatic carbocycles. The molecule has 0 saturated carbocycles. The van der Waals surface area contributed by atoms with Crippen LogP contribution in [0.2, 0.25) is 0 Å². The molecule has 0 unspecified atom stereocenters. The van der Waals surface area contributed by atoms with Crippen molar-refractivity contribution in [2.75, 3.05) is 0 Å². The molecule has 249 valence electrons. The summed E-state index contributed by atoms with van der Waals surface area (Å²) in [6, 6.07) is 58.0. The van der Waals surface area contributed by atoms with Crippen LogP contribution >= 0.6 is 0 Å². The van der Waals surface area contributed by atoms with Gasteiger partial charge in [0.05, 0.1) is 16.9 Å². The van der Waals surface area contributed by atoms with Crippen molar-refractivity contribution in [1.82, 2.24) is 14.5 Å². The van der Waals surface area contributed by atoms with Crippen molar-refractivity contribution in [1.29, 1.82) is 0 Å². The summed E-state index contributed by atoms with van der Waals surface area (Å²) >= 11 is 0. The molecule has 51 heavy (non-hydrogen) atoms. The number of aromatic nitrogens is 3. The van der Waals surface area contributed by atoms with E-state index in [4.69, 9.17) is 13.5 Å². The van der Waals surface area contributed by atoms with Crippen molar-refractivity contribution in [2.24, 2.45) is 0 Å². The fourth-order valence-electron chi connectivity index (χ4n) is 6.12. The van der Waals surface area contributed by atoms with Crippen LogP contribution in [0.25, 0.3) is 61.5 Å². The standard InChI is InChI=1S/C34H23N2O.C12H10N.Ir/c1-3-9-24(10-4-1)21-25-15-20-33-29(22-25)30(23-37-33)34-35-31-13-7-8-14-32(31)36(34)28-18-16-27(17-19-28)26-11-5-2-6-12-26;1-10-7-8-12(13-9-10)11-5-3-2-4-6-11;/h1-20,22H,21H2;2-5,7-9H,1H3;/q2*-1;/i;1D3;. The third-order valence-electron chi connectivity index (χ3n) is 8.59. The van der Waals surface area contributed by atoms with Crippen LogP contribution in [0.3, 0.4) is 0 Å². The number of furan rings is 1. The van der Waals surface area contributed by atoms with Crippen molar-refractivity contribution in [2.45, 2.75) is 13.3 Å². The van der Waals surface area contributed by atoms with Crippen LogP contribution in [-0.4, -0.2) is 14.5 Å². The van der Waals surface area contributed by atoms with E-state index in [0.29, 0.717) is 0 Å². The minimum atomic E-state index is -2.09. The van der Waals surface area contributed by atoms with Gasteiger partial charge in [-0.1, -0.05) is 132 Å². The predicted octanol–water partition coefficient (Wildman–Crippen LogP) is 11.4. The average Bonchev–Trinajstić information content (AvgIpc) is 3.80. The first-order valence-corrected chi connectivity index (χ1v) is 16.5. The number of para-hydroxylation sites is 2. The second-order valence-electron chi connectivity index (χ2n) is 12.0. The summed E-state index contributed by atoms with van der Waals surface area (Å²) in [4.78, 5) is 9.17. The molecule has 1 radical (unpaired) electrons. The normalized spacial score (nSPS) is 11.9. The molecule has 0 amide bonds. The van der Waals surface area contributed by atoms with Crippen LogP contribution in [0.15, 0.2) is 174 Å². The van der Waals surface area contributed by atoms with Crippen molar-refractivity contribution >= 4 is 22.0 Å². The van der Waals surface area contributed by atoms with E-state index >= 15 is 0 Å². The van der Waals surface area contributed by atoms with Crippen molar-refractivity contribution in [3.8, 4) is 39.5 Å². The van der Waals surface area contributed by atoms with E-state index < -0.39 is 6.85 Å². The minimum absolute atomic E-state index is 0. The zero-order valence-corrected chi connectivity index (χ0v) is 29.9. The Balaban J connectivity index is 0.000000223.